The largest absolute Gasteiger partial charge is 0.477 e. The molecule has 0 unspecified atom stereocenters. The van der Waals surface area contributed by atoms with E-state index in [1.807, 2.05) is 0 Å². The van der Waals surface area contributed by atoms with Gasteiger partial charge in [-0.15, -0.1) is 0 Å². The molecule has 8 heteroatoms. The highest BCUT2D eigenvalue weighted by atomic mass is 16.5. The molecule has 0 aliphatic carbocycles. The van der Waals surface area contributed by atoms with E-state index in [4.69, 9.17) is 18.7 Å². The van der Waals surface area contributed by atoms with Crippen molar-refractivity contribution in [1.82, 2.24) is 9.97 Å². The highest BCUT2D eigenvalue weighted by Gasteiger charge is 2.14. The maximum Gasteiger partial charge on any atom is 0.354 e. The number of aromatic carboxylic acids is 1. The van der Waals surface area contributed by atoms with E-state index in [9.17, 15) is 9.59 Å². The van der Waals surface area contributed by atoms with Crippen LogP contribution in [-0.4, -0.2) is 33.6 Å². The summed E-state index contributed by atoms with van der Waals surface area (Å²) >= 11 is 0. The van der Waals surface area contributed by atoms with Crippen molar-refractivity contribution in [3.8, 4) is 0 Å². The molecular formula is C20H18N2O6. The van der Waals surface area contributed by atoms with Gasteiger partial charge in [0.05, 0.1) is 17.6 Å². The van der Waals surface area contributed by atoms with Crippen molar-refractivity contribution >= 4 is 46.3 Å². The van der Waals surface area contributed by atoms with Gasteiger partial charge in [-0.1, -0.05) is 25.3 Å². The molecule has 0 amide bonds. The van der Waals surface area contributed by atoms with E-state index < -0.39 is 5.97 Å². The fourth-order valence-corrected chi connectivity index (χ4v) is 2.59. The van der Waals surface area contributed by atoms with Gasteiger partial charge in [-0.2, -0.15) is 0 Å². The lowest BCUT2D eigenvalue weighted by Gasteiger charge is -1.96. The lowest BCUT2D eigenvalue weighted by Crippen LogP contribution is -2.04. The maximum absolute atomic E-state index is 11.4. The molecule has 0 saturated carbocycles. The molecule has 3 N–H and O–H groups in total. The average molecular weight is 382 g/mol. The number of esters is 1. The van der Waals surface area contributed by atoms with E-state index in [0.717, 1.165) is 16.6 Å². The zero-order valence-corrected chi connectivity index (χ0v) is 15.1. The Morgan fingerprint density at radius 3 is 2.00 bits per heavy atom. The Morgan fingerprint density at radius 1 is 1.04 bits per heavy atom. The van der Waals surface area contributed by atoms with Crippen molar-refractivity contribution in [2.75, 3.05) is 6.61 Å². The summed E-state index contributed by atoms with van der Waals surface area (Å²) in [6.45, 7) is 9.35. The predicted molar refractivity (Wildman–Crippen MR) is 104 cm³/mol. The number of furan rings is 2. The van der Waals surface area contributed by atoms with E-state index in [1.54, 1.807) is 31.4 Å². The molecule has 0 atom stereocenters. The number of carbonyl (C=O) groups is 2. The van der Waals surface area contributed by atoms with Gasteiger partial charge in [0.2, 0.25) is 0 Å². The monoisotopic (exact) mass is 382 g/mol. The minimum absolute atomic E-state index is 0.123. The first kappa shape index (κ1) is 18.8. The second-order valence-corrected chi connectivity index (χ2v) is 5.66. The molecule has 0 saturated heterocycles. The summed E-state index contributed by atoms with van der Waals surface area (Å²) in [5.74, 6) is -1.37. The zero-order chi connectivity index (χ0) is 20.3. The third kappa shape index (κ3) is 3.48. The zero-order valence-electron chi connectivity index (χ0n) is 15.1. The number of hydrogen-bond acceptors (Lipinski definition) is 5. The lowest BCUT2D eigenvalue weighted by atomic mass is 10.3. The Hall–Kier alpha value is -3.94. The van der Waals surface area contributed by atoms with Gasteiger partial charge in [0.15, 0.2) is 11.2 Å². The SMILES string of the molecule is C=Cc1coc2cc(C(=O)O)[nH]c12.C=Cc1coc2cc(C(=O)OCC)[nH]c12. The van der Waals surface area contributed by atoms with Gasteiger partial charge in [-0.05, 0) is 6.92 Å². The number of carboxylic acids is 1. The van der Waals surface area contributed by atoms with Crippen LogP contribution in [0.2, 0.25) is 0 Å². The molecule has 0 aliphatic heterocycles. The van der Waals surface area contributed by atoms with Crippen LogP contribution in [-0.2, 0) is 4.74 Å². The van der Waals surface area contributed by atoms with Crippen molar-refractivity contribution in [2.24, 2.45) is 0 Å². The summed E-state index contributed by atoms with van der Waals surface area (Å²) in [5.41, 5.74) is 4.73. The molecule has 4 heterocycles. The van der Waals surface area contributed by atoms with E-state index in [1.165, 1.54) is 12.3 Å². The number of carboxylic acid groups (broad SMARTS) is 1. The second kappa shape index (κ2) is 7.75. The number of ether oxygens (including phenoxy) is 1. The van der Waals surface area contributed by atoms with Gasteiger partial charge in [0.1, 0.15) is 23.9 Å². The third-order valence-corrected chi connectivity index (χ3v) is 3.93. The Labute approximate surface area is 159 Å². The number of aromatic nitrogens is 2. The third-order valence-electron chi connectivity index (χ3n) is 3.93. The molecule has 0 radical (unpaired) electrons. The van der Waals surface area contributed by atoms with E-state index in [2.05, 4.69) is 23.1 Å². The Bertz CT molecular complexity index is 1170. The van der Waals surface area contributed by atoms with Crippen molar-refractivity contribution in [3.05, 3.63) is 60.3 Å². The van der Waals surface area contributed by atoms with Crippen LogP contribution in [0.5, 0.6) is 0 Å². The van der Waals surface area contributed by atoms with Gasteiger partial charge in [-0.25, -0.2) is 9.59 Å². The molecular weight excluding hydrogens is 364 g/mol. The summed E-state index contributed by atoms with van der Waals surface area (Å²) < 4.78 is 15.2. The molecule has 8 nitrogen and oxygen atoms in total. The van der Waals surface area contributed by atoms with Crippen LogP contribution >= 0.6 is 0 Å². The van der Waals surface area contributed by atoms with E-state index in [-0.39, 0.29) is 11.7 Å². The maximum atomic E-state index is 11.4. The van der Waals surface area contributed by atoms with Crippen molar-refractivity contribution in [3.63, 3.8) is 0 Å². The van der Waals surface area contributed by atoms with E-state index >= 15 is 0 Å². The van der Waals surface area contributed by atoms with Crippen molar-refractivity contribution in [1.29, 1.82) is 0 Å². The van der Waals surface area contributed by atoms with Crippen molar-refractivity contribution < 1.29 is 28.3 Å². The molecule has 28 heavy (non-hydrogen) atoms. The lowest BCUT2D eigenvalue weighted by molar-refractivity contribution is 0.0520. The molecule has 4 aromatic rings. The summed E-state index contributed by atoms with van der Waals surface area (Å²) in [4.78, 5) is 27.6. The summed E-state index contributed by atoms with van der Waals surface area (Å²) in [6, 6.07) is 3.07. The second-order valence-electron chi connectivity index (χ2n) is 5.66. The highest BCUT2D eigenvalue weighted by Crippen LogP contribution is 2.23. The number of rotatable bonds is 5. The number of aromatic amines is 2. The average Bonchev–Trinajstić information content (AvgIpc) is 3.41. The normalized spacial score (nSPS) is 10.5. The van der Waals surface area contributed by atoms with Gasteiger partial charge >= 0.3 is 11.9 Å². The fourth-order valence-electron chi connectivity index (χ4n) is 2.59. The molecule has 0 bridgehead atoms. The highest BCUT2D eigenvalue weighted by molar-refractivity contribution is 5.95. The Morgan fingerprint density at radius 2 is 1.54 bits per heavy atom. The molecule has 4 aromatic heterocycles. The fraction of sp³-hybridized carbons (Fsp3) is 0.100. The predicted octanol–water partition coefficient (Wildman–Crippen LogP) is 4.68. The minimum Gasteiger partial charge on any atom is -0.477 e. The van der Waals surface area contributed by atoms with Gasteiger partial charge in [-0.3, -0.25) is 0 Å². The van der Waals surface area contributed by atoms with Crippen LogP contribution in [0.1, 0.15) is 39.0 Å². The standard InChI is InChI=1S/C11H11NO3.C9H7NO3/c1-3-7-6-15-9-5-8(12-10(7)9)11(13)14-4-2;1-2-5-4-13-7-3-6(9(11)12)10-8(5)7/h3,5-6,12H,1,4H2,2H3;2-4,10H,1H2,(H,11,12). The Kier molecular flexibility index (Phi) is 5.21. The first-order valence-corrected chi connectivity index (χ1v) is 8.34. The molecule has 0 spiro atoms. The van der Waals surface area contributed by atoms with Crippen LogP contribution in [0.25, 0.3) is 34.4 Å². The van der Waals surface area contributed by atoms with Crippen LogP contribution in [0, 0.1) is 0 Å². The number of fused-ring (bicyclic) bond motifs is 2. The number of nitrogens with one attached hydrogen (secondary N) is 2. The van der Waals surface area contributed by atoms with Crippen LogP contribution in [0.3, 0.4) is 0 Å². The smallest absolute Gasteiger partial charge is 0.354 e. The Balaban J connectivity index is 0.000000162. The minimum atomic E-state index is -0.999. The molecule has 144 valence electrons. The topological polar surface area (TPSA) is 121 Å². The van der Waals surface area contributed by atoms with Gasteiger partial charge in [0, 0.05) is 23.3 Å². The number of carbonyl (C=O) groups excluding carboxylic acids is 1. The van der Waals surface area contributed by atoms with Crippen LogP contribution < -0.4 is 0 Å². The van der Waals surface area contributed by atoms with Crippen molar-refractivity contribution in [2.45, 2.75) is 6.92 Å². The van der Waals surface area contributed by atoms with E-state index in [0.29, 0.717) is 29.0 Å². The number of hydrogen-bond donors (Lipinski definition) is 3. The van der Waals surface area contributed by atoms with Gasteiger partial charge in [0.25, 0.3) is 0 Å². The molecule has 0 fully saturated rings. The summed E-state index contributed by atoms with van der Waals surface area (Å²) in [5, 5.41) is 8.67. The quantitative estimate of drug-likeness (QED) is 0.431. The van der Waals surface area contributed by atoms with Crippen LogP contribution in [0.15, 0.2) is 46.7 Å². The summed E-state index contributed by atoms with van der Waals surface area (Å²) in [7, 11) is 0. The first-order valence-electron chi connectivity index (χ1n) is 8.34. The first-order chi connectivity index (χ1) is 13.5. The summed E-state index contributed by atoms with van der Waals surface area (Å²) in [6.07, 6.45) is 6.38. The number of H-pyrrole nitrogens is 2. The molecule has 0 aliphatic rings. The molecule has 0 aromatic carbocycles. The van der Waals surface area contributed by atoms with Gasteiger partial charge < -0.3 is 28.6 Å². The van der Waals surface area contributed by atoms with Crippen LogP contribution in [0.4, 0.5) is 0 Å². The molecule has 4 rings (SSSR count).